The zero-order chi connectivity index (χ0) is 16.9. The van der Waals surface area contributed by atoms with Crippen LogP contribution in [-0.2, 0) is 11.2 Å². The van der Waals surface area contributed by atoms with Gasteiger partial charge >= 0.3 is 0 Å². The van der Waals surface area contributed by atoms with Crippen LogP contribution >= 0.6 is 11.3 Å². The molecule has 0 saturated carbocycles. The molecular weight excluding hydrogens is 324 g/mol. The minimum absolute atomic E-state index is 0.0536. The van der Waals surface area contributed by atoms with E-state index in [4.69, 9.17) is 9.15 Å². The molecule has 5 nitrogen and oxygen atoms in total. The van der Waals surface area contributed by atoms with Gasteiger partial charge in [-0.05, 0) is 43.2 Å². The summed E-state index contributed by atoms with van der Waals surface area (Å²) >= 11 is 1.35. The quantitative estimate of drug-likeness (QED) is 0.726. The molecule has 0 aliphatic heterocycles. The van der Waals surface area contributed by atoms with E-state index >= 15 is 0 Å². The topological polar surface area (TPSA) is 64.4 Å². The zero-order valence-corrected chi connectivity index (χ0v) is 14.4. The summed E-state index contributed by atoms with van der Waals surface area (Å²) in [5, 5.41) is 5.11. The van der Waals surface area contributed by atoms with E-state index in [1.807, 2.05) is 48.7 Å². The molecule has 1 N–H and O–H groups in total. The van der Waals surface area contributed by atoms with Crippen molar-refractivity contribution in [3.05, 3.63) is 53.1 Å². The highest BCUT2D eigenvalue weighted by molar-refractivity contribution is 7.14. The van der Waals surface area contributed by atoms with Crippen LogP contribution in [0.5, 0.6) is 5.75 Å². The molecule has 0 bridgehead atoms. The number of nitrogens with one attached hydrogen (secondary N) is 1. The van der Waals surface area contributed by atoms with Crippen molar-refractivity contribution in [3.63, 3.8) is 0 Å². The molecule has 124 valence electrons. The first-order valence-corrected chi connectivity index (χ1v) is 8.56. The number of thiazole rings is 1. The van der Waals surface area contributed by atoms with Crippen molar-refractivity contribution in [1.29, 1.82) is 0 Å². The fourth-order valence-electron chi connectivity index (χ4n) is 2.18. The predicted octanol–water partition coefficient (Wildman–Crippen LogP) is 4.29. The molecule has 6 heteroatoms. The first-order chi connectivity index (χ1) is 11.6. The molecule has 0 aliphatic carbocycles. The van der Waals surface area contributed by atoms with Gasteiger partial charge in [-0.2, -0.15) is 0 Å². The summed E-state index contributed by atoms with van der Waals surface area (Å²) in [5.74, 6) is 1.96. The molecule has 0 atom stereocenters. The normalized spacial score (nSPS) is 10.6. The number of nitrogens with zero attached hydrogens (tertiary/aromatic N) is 1. The monoisotopic (exact) mass is 342 g/mol. The van der Waals surface area contributed by atoms with Crippen molar-refractivity contribution < 1.29 is 13.9 Å². The lowest BCUT2D eigenvalue weighted by atomic mass is 10.2. The second-order valence-corrected chi connectivity index (χ2v) is 6.14. The van der Waals surface area contributed by atoms with Gasteiger partial charge in [-0.1, -0.05) is 19.1 Å². The molecule has 2 heterocycles. The van der Waals surface area contributed by atoms with Crippen molar-refractivity contribution in [1.82, 2.24) is 4.98 Å². The Bertz CT molecular complexity index is 838. The molecule has 0 aliphatic rings. The van der Waals surface area contributed by atoms with Crippen LogP contribution in [0, 0.1) is 6.92 Å². The molecule has 3 aromatic rings. The van der Waals surface area contributed by atoms with Gasteiger partial charge in [-0.15, -0.1) is 11.3 Å². The largest absolute Gasteiger partial charge is 0.484 e. The summed E-state index contributed by atoms with van der Waals surface area (Å²) in [6.45, 7) is 3.90. The number of hydrogen-bond acceptors (Lipinski definition) is 5. The first kappa shape index (κ1) is 16.3. The maximum atomic E-state index is 12.0. The van der Waals surface area contributed by atoms with Crippen molar-refractivity contribution >= 4 is 22.4 Å². The fraction of sp³-hybridized carbons (Fsp3) is 0.222. The van der Waals surface area contributed by atoms with Crippen LogP contribution in [0.1, 0.15) is 18.2 Å². The van der Waals surface area contributed by atoms with Gasteiger partial charge in [0.2, 0.25) is 0 Å². The summed E-state index contributed by atoms with van der Waals surface area (Å²) in [7, 11) is 0. The lowest BCUT2D eigenvalue weighted by Gasteiger charge is -2.07. The Morgan fingerprint density at radius 1 is 1.33 bits per heavy atom. The number of aromatic nitrogens is 1. The molecular formula is C18H18N2O3S. The van der Waals surface area contributed by atoms with Crippen LogP contribution < -0.4 is 10.1 Å². The Kier molecular flexibility index (Phi) is 4.96. The molecule has 0 fully saturated rings. The van der Waals surface area contributed by atoms with Gasteiger partial charge in [0, 0.05) is 5.38 Å². The molecule has 0 radical (unpaired) electrons. The Hall–Kier alpha value is -2.60. The molecule has 0 unspecified atom stereocenters. The highest BCUT2D eigenvalue weighted by Crippen LogP contribution is 2.26. The minimum atomic E-state index is -0.242. The van der Waals surface area contributed by atoms with Crippen molar-refractivity contribution in [2.75, 3.05) is 11.9 Å². The summed E-state index contributed by atoms with van der Waals surface area (Å²) in [6.07, 6.45) is 0.928. The van der Waals surface area contributed by atoms with E-state index < -0.39 is 0 Å². The third-order valence-electron chi connectivity index (χ3n) is 3.42. The minimum Gasteiger partial charge on any atom is -0.484 e. The Labute approximate surface area is 144 Å². The number of amides is 1. The van der Waals surface area contributed by atoms with Crippen molar-refractivity contribution in [2.24, 2.45) is 0 Å². The van der Waals surface area contributed by atoms with E-state index in [9.17, 15) is 4.79 Å². The van der Waals surface area contributed by atoms with E-state index in [0.29, 0.717) is 22.3 Å². The SMILES string of the molecule is CCc1cccc(OCC(=O)Nc2nc(-c3ccc(C)o3)cs2)c1. The lowest BCUT2D eigenvalue weighted by Crippen LogP contribution is -2.20. The van der Waals surface area contributed by atoms with E-state index in [1.54, 1.807) is 0 Å². The number of rotatable bonds is 6. The molecule has 2 aromatic heterocycles. The smallest absolute Gasteiger partial charge is 0.264 e. The molecule has 0 spiro atoms. The summed E-state index contributed by atoms with van der Waals surface area (Å²) in [6, 6.07) is 11.5. The molecule has 1 amide bonds. The average Bonchev–Trinajstić information content (AvgIpc) is 3.22. The number of carbonyl (C=O) groups excluding carboxylic acids is 1. The number of aryl methyl sites for hydroxylation is 2. The maximum absolute atomic E-state index is 12.0. The van der Waals surface area contributed by atoms with Crippen molar-refractivity contribution in [2.45, 2.75) is 20.3 Å². The third kappa shape index (κ3) is 4.02. The second-order valence-electron chi connectivity index (χ2n) is 5.29. The number of ether oxygens (including phenoxy) is 1. The fourth-order valence-corrected chi connectivity index (χ4v) is 2.89. The number of anilines is 1. The van der Waals surface area contributed by atoms with Gasteiger partial charge in [0.1, 0.15) is 17.2 Å². The van der Waals surface area contributed by atoms with E-state index in [2.05, 4.69) is 17.2 Å². The van der Waals surface area contributed by atoms with Crippen LogP contribution in [0.15, 0.2) is 46.2 Å². The number of hydrogen-bond donors (Lipinski definition) is 1. The van der Waals surface area contributed by atoms with Gasteiger partial charge in [0.25, 0.3) is 5.91 Å². The summed E-state index contributed by atoms with van der Waals surface area (Å²) in [4.78, 5) is 16.4. The lowest BCUT2D eigenvalue weighted by molar-refractivity contribution is -0.118. The summed E-state index contributed by atoms with van der Waals surface area (Å²) in [5.41, 5.74) is 1.88. The first-order valence-electron chi connectivity index (χ1n) is 7.68. The Morgan fingerprint density at radius 3 is 2.96 bits per heavy atom. The van der Waals surface area contributed by atoms with E-state index in [1.165, 1.54) is 16.9 Å². The average molecular weight is 342 g/mol. The maximum Gasteiger partial charge on any atom is 0.264 e. The van der Waals surface area contributed by atoms with Crippen LogP contribution in [0.25, 0.3) is 11.5 Å². The second kappa shape index (κ2) is 7.31. The highest BCUT2D eigenvalue weighted by Gasteiger charge is 2.11. The van der Waals surface area contributed by atoms with Gasteiger partial charge in [-0.3, -0.25) is 10.1 Å². The van der Waals surface area contributed by atoms with Crippen LogP contribution in [-0.4, -0.2) is 17.5 Å². The van der Waals surface area contributed by atoms with Crippen LogP contribution in [0.4, 0.5) is 5.13 Å². The highest BCUT2D eigenvalue weighted by atomic mass is 32.1. The van der Waals surface area contributed by atoms with Crippen LogP contribution in [0.2, 0.25) is 0 Å². The van der Waals surface area contributed by atoms with Gasteiger partial charge < -0.3 is 9.15 Å². The van der Waals surface area contributed by atoms with E-state index in [0.717, 1.165) is 12.2 Å². The molecule has 0 saturated heterocycles. The third-order valence-corrected chi connectivity index (χ3v) is 4.18. The standard InChI is InChI=1S/C18H18N2O3S/c1-3-13-5-4-6-14(9-13)22-10-17(21)20-18-19-15(11-24-18)16-8-7-12(2)23-16/h4-9,11H,3,10H2,1-2H3,(H,19,20,21). The Morgan fingerprint density at radius 2 is 2.21 bits per heavy atom. The molecule has 24 heavy (non-hydrogen) atoms. The Balaban J connectivity index is 1.56. The molecule has 1 aromatic carbocycles. The number of furan rings is 1. The zero-order valence-electron chi connectivity index (χ0n) is 13.5. The number of carbonyl (C=O) groups is 1. The van der Waals surface area contributed by atoms with E-state index in [-0.39, 0.29) is 12.5 Å². The van der Waals surface area contributed by atoms with Gasteiger partial charge in [0.05, 0.1) is 0 Å². The number of benzene rings is 1. The van der Waals surface area contributed by atoms with Crippen molar-refractivity contribution in [3.8, 4) is 17.2 Å². The van der Waals surface area contributed by atoms with Crippen LogP contribution in [0.3, 0.4) is 0 Å². The molecule has 3 rings (SSSR count). The predicted molar refractivity (Wildman–Crippen MR) is 94.5 cm³/mol. The van der Waals surface area contributed by atoms with Gasteiger partial charge in [0.15, 0.2) is 17.5 Å². The summed E-state index contributed by atoms with van der Waals surface area (Å²) < 4.78 is 11.0. The van der Waals surface area contributed by atoms with Gasteiger partial charge in [-0.25, -0.2) is 4.98 Å².